The van der Waals surface area contributed by atoms with E-state index < -0.39 is 21.8 Å². The highest BCUT2D eigenvalue weighted by molar-refractivity contribution is 7.92. The van der Waals surface area contributed by atoms with Crippen LogP contribution in [-0.4, -0.2) is 14.7 Å². The maximum Gasteiger partial charge on any atom is 0.416 e. The van der Waals surface area contributed by atoms with Crippen LogP contribution in [0.15, 0.2) is 42.5 Å². The highest BCUT2D eigenvalue weighted by Gasteiger charge is 2.30. The number of halogens is 4. The first-order chi connectivity index (χ1) is 10.1. The van der Waals surface area contributed by atoms with Crippen molar-refractivity contribution in [3.8, 4) is 11.1 Å². The Morgan fingerprint density at radius 2 is 1.64 bits per heavy atom. The van der Waals surface area contributed by atoms with Gasteiger partial charge in [0.1, 0.15) is 0 Å². The van der Waals surface area contributed by atoms with Crippen LogP contribution in [0.2, 0.25) is 5.02 Å². The number of alkyl halides is 3. The van der Waals surface area contributed by atoms with Crippen LogP contribution in [-0.2, 0) is 16.2 Å². The third-order valence-corrected chi connectivity index (χ3v) is 3.71. The molecule has 3 nitrogen and oxygen atoms in total. The number of nitrogens with one attached hydrogen (secondary N) is 1. The normalized spacial score (nSPS) is 12.2. The molecule has 0 saturated heterocycles. The summed E-state index contributed by atoms with van der Waals surface area (Å²) in [4.78, 5) is 0. The van der Waals surface area contributed by atoms with Crippen molar-refractivity contribution in [1.82, 2.24) is 0 Å². The molecule has 0 aliphatic rings. The van der Waals surface area contributed by atoms with Crippen molar-refractivity contribution in [1.29, 1.82) is 0 Å². The Kier molecular flexibility index (Phi) is 4.39. The molecule has 0 saturated carbocycles. The predicted octanol–water partition coefficient (Wildman–Crippen LogP) is 4.40. The van der Waals surface area contributed by atoms with E-state index in [4.69, 9.17) is 11.6 Å². The van der Waals surface area contributed by atoms with Gasteiger partial charge >= 0.3 is 6.18 Å². The summed E-state index contributed by atoms with van der Waals surface area (Å²) in [5, 5.41) is 0.230. The van der Waals surface area contributed by atoms with Crippen LogP contribution in [0, 0.1) is 0 Å². The van der Waals surface area contributed by atoms with Gasteiger partial charge < -0.3 is 0 Å². The Morgan fingerprint density at radius 1 is 1.05 bits per heavy atom. The molecule has 2 aromatic rings. The zero-order valence-corrected chi connectivity index (χ0v) is 12.9. The maximum absolute atomic E-state index is 12.5. The third kappa shape index (κ3) is 4.14. The van der Waals surface area contributed by atoms with Crippen LogP contribution in [0.4, 0.5) is 18.9 Å². The van der Waals surface area contributed by atoms with Crippen molar-refractivity contribution in [3.05, 3.63) is 53.1 Å². The minimum atomic E-state index is -4.40. The summed E-state index contributed by atoms with van der Waals surface area (Å²) in [6.07, 6.45) is -3.39. The Bertz CT molecular complexity index is 787. The summed E-state index contributed by atoms with van der Waals surface area (Å²) >= 11 is 6.07. The molecular weight excluding hydrogens is 339 g/mol. The largest absolute Gasteiger partial charge is 0.416 e. The van der Waals surface area contributed by atoms with Crippen molar-refractivity contribution in [2.75, 3.05) is 11.0 Å². The van der Waals surface area contributed by atoms with Gasteiger partial charge in [0.05, 0.1) is 16.8 Å². The van der Waals surface area contributed by atoms with Gasteiger partial charge in [0.2, 0.25) is 10.0 Å². The van der Waals surface area contributed by atoms with E-state index in [1.165, 1.54) is 24.3 Å². The molecule has 22 heavy (non-hydrogen) atoms. The topological polar surface area (TPSA) is 46.2 Å². The summed E-state index contributed by atoms with van der Waals surface area (Å²) in [5.74, 6) is 0. The van der Waals surface area contributed by atoms with E-state index in [0.29, 0.717) is 11.1 Å². The molecule has 0 bridgehead atoms. The number of hydrogen-bond acceptors (Lipinski definition) is 2. The molecule has 0 atom stereocenters. The molecule has 118 valence electrons. The predicted molar refractivity (Wildman–Crippen MR) is 80.4 cm³/mol. The minimum Gasteiger partial charge on any atom is -0.284 e. The molecule has 2 aromatic carbocycles. The van der Waals surface area contributed by atoms with Gasteiger partial charge in [-0.05, 0) is 29.8 Å². The minimum absolute atomic E-state index is 0.230. The number of hydrogen-bond donors (Lipinski definition) is 1. The molecule has 0 heterocycles. The molecule has 0 radical (unpaired) electrons. The maximum atomic E-state index is 12.5. The van der Waals surface area contributed by atoms with Crippen LogP contribution in [0.25, 0.3) is 11.1 Å². The Morgan fingerprint density at radius 3 is 2.09 bits per heavy atom. The van der Waals surface area contributed by atoms with E-state index in [2.05, 4.69) is 4.72 Å². The van der Waals surface area contributed by atoms with Gasteiger partial charge in [0, 0.05) is 11.3 Å². The van der Waals surface area contributed by atoms with Gasteiger partial charge in [-0.1, -0.05) is 29.8 Å². The van der Waals surface area contributed by atoms with E-state index in [1.54, 1.807) is 6.07 Å². The number of anilines is 1. The second-order valence-corrected chi connectivity index (χ2v) is 6.80. The van der Waals surface area contributed by atoms with Crippen LogP contribution in [0.1, 0.15) is 5.56 Å². The van der Waals surface area contributed by atoms with Crippen LogP contribution < -0.4 is 4.72 Å². The number of sulfonamides is 1. The zero-order chi connectivity index (χ0) is 16.5. The first-order valence-electron chi connectivity index (χ1n) is 6.01. The van der Waals surface area contributed by atoms with Gasteiger partial charge in [0.15, 0.2) is 0 Å². The van der Waals surface area contributed by atoms with Crippen molar-refractivity contribution >= 4 is 27.3 Å². The number of rotatable bonds is 3. The van der Waals surface area contributed by atoms with Gasteiger partial charge in [-0.2, -0.15) is 13.2 Å². The fourth-order valence-electron chi connectivity index (χ4n) is 1.87. The summed E-state index contributed by atoms with van der Waals surface area (Å²) in [5.41, 5.74) is 0.546. The Balaban J connectivity index is 2.34. The molecule has 8 heteroatoms. The van der Waals surface area contributed by atoms with Crippen LogP contribution in [0.3, 0.4) is 0 Å². The number of benzene rings is 2. The smallest absolute Gasteiger partial charge is 0.284 e. The lowest BCUT2D eigenvalue weighted by atomic mass is 10.0. The lowest BCUT2D eigenvalue weighted by molar-refractivity contribution is -0.137. The first-order valence-corrected chi connectivity index (χ1v) is 8.28. The second kappa shape index (κ2) is 5.81. The molecule has 0 aromatic heterocycles. The van der Waals surface area contributed by atoms with Crippen LogP contribution >= 0.6 is 11.6 Å². The highest BCUT2D eigenvalue weighted by Crippen LogP contribution is 2.34. The fourth-order valence-corrected chi connectivity index (χ4v) is 2.71. The van der Waals surface area contributed by atoms with Crippen molar-refractivity contribution in [3.63, 3.8) is 0 Å². The van der Waals surface area contributed by atoms with E-state index >= 15 is 0 Å². The quantitative estimate of drug-likeness (QED) is 0.892. The van der Waals surface area contributed by atoms with E-state index in [9.17, 15) is 21.6 Å². The molecular formula is C14H11ClF3NO2S. The molecule has 0 spiro atoms. The van der Waals surface area contributed by atoms with E-state index in [-0.39, 0.29) is 10.7 Å². The van der Waals surface area contributed by atoms with Crippen molar-refractivity contribution < 1.29 is 21.6 Å². The lowest BCUT2D eigenvalue weighted by Gasteiger charge is -2.10. The Labute approximate surface area is 130 Å². The summed E-state index contributed by atoms with van der Waals surface area (Å²) in [7, 11) is -3.43. The monoisotopic (exact) mass is 349 g/mol. The molecule has 0 amide bonds. The second-order valence-electron chi connectivity index (χ2n) is 4.64. The molecule has 2 rings (SSSR count). The average Bonchev–Trinajstić information content (AvgIpc) is 2.36. The molecule has 0 unspecified atom stereocenters. The molecule has 0 fully saturated rings. The fraction of sp³-hybridized carbons (Fsp3) is 0.143. The van der Waals surface area contributed by atoms with Gasteiger partial charge in [0.25, 0.3) is 0 Å². The molecule has 0 aliphatic carbocycles. The standard InChI is InChI=1S/C14H11ClF3NO2S/c1-22(20,21)19-11-6-7-12(13(15)8-11)9-2-4-10(5-3-9)14(16,17)18/h2-8,19H,1H3. The average molecular weight is 350 g/mol. The van der Waals surface area contributed by atoms with Crippen molar-refractivity contribution in [2.45, 2.75) is 6.18 Å². The SMILES string of the molecule is CS(=O)(=O)Nc1ccc(-c2ccc(C(F)(F)F)cc2)c(Cl)c1. The van der Waals surface area contributed by atoms with Gasteiger partial charge in [-0.3, -0.25) is 4.72 Å². The van der Waals surface area contributed by atoms with E-state index in [0.717, 1.165) is 18.4 Å². The summed E-state index contributed by atoms with van der Waals surface area (Å²) < 4.78 is 62.1. The van der Waals surface area contributed by atoms with Gasteiger partial charge in [-0.25, -0.2) is 8.42 Å². The first kappa shape index (κ1) is 16.6. The lowest BCUT2D eigenvalue weighted by Crippen LogP contribution is -2.09. The Hall–Kier alpha value is -1.73. The van der Waals surface area contributed by atoms with Crippen molar-refractivity contribution in [2.24, 2.45) is 0 Å². The highest BCUT2D eigenvalue weighted by atomic mass is 35.5. The van der Waals surface area contributed by atoms with E-state index in [1.807, 2.05) is 0 Å². The molecule has 1 N–H and O–H groups in total. The zero-order valence-electron chi connectivity index (χ0n) is 11.3. The van der Waals surface area contributed by atoms with Crippen LogP contribution in [0.5, 0.6) is 0 Å². The summed E-state index contributed by atoms with van der Waals surface area (Å²) in [6.45, 7) is 0. The third-order valence-electron chi connectivity index (χ3n) is 2.80. The molecule has 0 aliphatic heterocycles. The van der Waals surface area contributed by atoms with Gasteiger partial charge in [-0.15, -0.1) is 0 Å². The summed E-state index contributed by atoms with van der Waals surface area (Å²) in [6, 6.07) is 8.98.